The molecule has 0 bridgehead atoms. The van der Waals surface area contributed by atoms with Crippen molar-refractivity contribution in [1.29, 1.82) is 0 Å². The molecule has 3 heteroatoms. The molecule has 16 heavy (non-hydrogen) atoms. The molecule has 0 spiro atoms. The topological polar surface area (TPSA) is 52.3 Å². The number of carbonyl (C=O) groups excluding carboxylic acids is 1. The highest BCUT2D eigenvalue weighted by molar-refractivity contribution is 5.89. The van der Waals surface area contributed by atoms with Crippen molar-refractivity contribution < 1.29 is 9.53 Å². The molecule has 0 saturated heterocycles. The number of allylic oxidation sites excluding steroid dienone is 1. The van der Waals surface area contributed by atoms with E-state index in [9.17, 15) is 4.79 Å². The van der Waals surface area contributed by atoms with Gasteiger partial charge in [-0.1, -0.05) is 12.1 Å². The fraction of sp³-hybridized carbons (Fsp3) is 0.308. The Labute approximate surface area is 94.9 Å². The average molecular weight is 217 g/mol. The minimum Gasteiger partial charge on any atom is -0.497 e. The van der Waals surface area contributed by atoms with E-state index in [1.165, 1.54) is 5.56 Å². The number of aryl methyl sites for hydroxylation is 1. The van der Waals surface area contributed by atoms with Crippen LogP contribution in [0.5, 0.6) is 5.75 Å². The maximum atomic E-state index is 11.0. The van der Waals surface area contributed by atoms with Crippen LogP contribution >= 0.6 is 0 Å². The monoisotopic (exact) mass is 217 g/mol. The molecule has 0 atom stereocenters. The molecule has 3 nitrogen and oxygen atoms in total. The van der Waals surface area contributed by atoms with Crippen LogP contribution in [0.3, 0.4) is 0 Å². The lowest BCUT2D eigenvalue weighted by molar-refractivity contribution is -0.117. The molecule has 0 radical (unpaired) electrons. The Hall–Kier alpha value is -1.77. The van der Waals surface area contributed by atoms with Gasteiger partial charge in [0, 0.05) is 0 Å². The number of hydrogen-bond donors (Lipinski definition) is 1. The number of carbonyl (C=O) groups is 1. The lowest BCUT2D eigenvalue weighted by Crippen LogP contribution is -2.12. The van der Waals surface area contributed by atoms with Crippen molar-refractivity contribution in [3.05, 3.63) is 35.4 Å². The van der Waals surface area contributed by atoms with Crippen molar-refractivity contribution in [3.63, 3.8) is 0 Å². The molecule has 0 fully saturated rings. The van der Waals surface area contributed by atoms with Gasteiger partial charge in [0.05, 0.1) is 13.5 Å². The molecule has 2 N–H and O–H groups in total. The van der Waals surface area contributed by atoms with Crippen molar-refractivity contribution in [2.75, 3.05) is 7.11 Å². The van der Waals surface area contributed by atoms with Gasteiger partial charge in [0.1, 0.15) is 5.75 Å². The van der Waals surface area contributed by atoms with Gasteiger partial charge in [-0.05, 0) is 41.7 Å². The van der Waals surface area contributed by atoms with E-state index in [1.54, 1.807) is 7.11 Å². The number of primary amides is 1. The number of rotatable bonds is 3. The second-order valence-electron chi connectivity index (χ2n) is 3.93. The average Bonchev–Trinajstić information content (AvgIpc) is 2.28. The summed E-state index contributed by atoms with van der Waals surface area (Å²) < 4.78 is 5.19. The van der Waals surface area contributed by atoms with Crippen LogP contribution in [-0.4, -0.2) is 13.0 Å². The summed E-state index contributed by atoms with van der Waals surface area (Å²) >= 11 is 0. The van der Waals surface area contributed by atoms with Crippen molar-refractivity contribution >= 4 is 11.5 Å². The van der Waals surface area contributed by atoms with Crippen LogP contribution in [0.2, 0.25) is 0 Å². The summed E-state index contributed by atoms with van der Waals surface area (Å²) in [5.41, 5.74) is 8.63. The van der Waals surface area contributed by atoms with E-state index in [0.29, 0.717) is 6.42 Å². The van der Waals surface area contributed by atoms with Gasteiger partial charge < -0.3 is 10.5 Å². The Kier molecular flexibility index (Phi) is 2.95. The molecule has 0 saturated carbocycles. The molecule has 84 valence electrons. The standard InChI is InChI=1S/C13H15NO2/c1-16-11-6-5-9-3-2-4-10(7-13(14)15)12(9)8-11/h4-6,8H,2-3,7H2,1H3,(H2,14,15). The maximum absolute atomic E-state index is 11.0. The van der Waals surface area contributed by atoms with Gasteiger partial charge >= 0.3 is 0 Å². The van der Waals surface area contributed by atoms with Crippen LogP contribution in [0.4, 0.5) is 0 Å². The summed E-state index contributed by atoms with van der Waals surface area (Å²) in [6, 6.07) is 5.98. The first-order chi connectivity index (χ1) is 7.70. The second-order valence-corrected chi connectivity index (χ2v) is 3.93. The number of amides is 1. The Morgan fingerprint density at radius 2 is 2.31 bits per heavy atom. The number of nitrogens with two attached hydrogens (primary N) is 1. The summed E-state index contributed by atoms with van der Waals surface area (Å²) in [5, 5.41) is 0. The zero-order chi connectivity index (χ0) is 11.5. The van der Waals surface area contributed by atoms with Crippen molar-refractivity contribution in [2.45, 2.75) is 19.3 Å². The highest BCUT2D eigenvalue weighted by atomic mass is 16.5. The van der Waals surface area contributed by atoms with E-state index < -0.39 is 0 Å². The maximum Gasteiger partial charge on any atom is 0.221 e. The number of benzene rings is 1. The SMILES string of the molecule is COc1ccc2c(c1)C(CC(N)=O)=CCC2. The van der Waals surface area contributed by atoms with E-state index >= 15 is 0 Å². The summed E-state index contributed by atoms with van der Waals surface area (Å²) in [6.07, 6.45) is 4.39. The summed E-state index contributed by atoms with van der Waals surface area (Å²) in [7, 11) is 1.64. The Morgan fingerprint density at radius 1 is 1.50 bits per heavy atom. The fourth-order valence-electron chi connectivity index (χ4n) is 2.07. The van der Waals surface area contributed by atoms with Crippen LogP contribution < -0.4 is 10.5 Å². The quantitative estimate of drug-likeness (QED) is 0.840. The molecule has 1 aliphatic rings. The van der Waals surface area contributed by atoms with Gasteiger partial charge in [-0.3, -0.25) is 4.79 Å². The molecule has 1 amide bonds. The van der Waals surface area contributed by atoms with Crippen molar-refractivity contribution in [1.82, 2.24) is 0 Å². The van der Waals surface area contributed by atoms with E-state index in [1.807, 2.05) is 12.1 Å². The third-order valence-electron chi connectivity index (χ3n) is 2.83. The van der Waals surface area contributed by atoms with Crippen LogP contribution in [-0.2, 0) is 11.2 Å². The first-order valence-corrected chi connectivity index (χ1v) is 5.35. The van der Waals surface area contributed by atoms with E-state index in [2.05, 4.69) is 12.1 Å². The third kappa shape index (κ3) is 2.08. The van der Waals surface area contributed by atoms with Gasteiger partial charge in [0.15, 0.2) is 0 Å². The summed E-state index contributed by atoms with van der Waals surface area (Å²) in [4.78, 5) is 11.0. The van der Waals surface area contributed by atoms with Gasteiger partial charge in [0.25, 0.3) is 0 Å². The number of fused-ring (bicyclic) bond motifs is 1. The molecule has 0 aromatic heterocycles. The van der Waals surface area contributed by atoms with E-state index in [0.717, 1.165) is 29.7 Å². The minimum atomic E-state index is -0.290. The predicted molar refractivity (Wildman–Crippen MR) is 63.1 cm³/mol. The van der Waals surface area contributed by atoms with Gasteiger partial charge in [-0.25, -0.2) is 0 Å². The zero-order valence-electron chi connectivity index (χ0n) is 9.32. The molecule has 2 rings (SSSR count). The van der Waals surface area contributed by atoms with Crippen molar-refractivity contribution in [2.24, 2.45) is 5.73 Å². The smallest absolute Gasteiger partial charge is 0.221 e. The Morgan fingerprint density at radius 3 is 3.00 bits per heavy atom. The van der Waals surface area contributed by atoms with Crippen LogP contribution in [0.25, 0.3) is 5.57 Å². The summed E-state index contributed by atoms with van der Waals surface area (Å²) in [5.74, 6) is 0.526. The molecule has 1 aliphatic carbocycles. The van der Waals surface area contributed by atoms with Crippen LogP contribution in [0.1, 0.15) is 24.0 Å². The van der Waals surface area contributed by atoms with Gasteiger partial charge in [-0.15, -0.1) is 0 Å². The second kappa shape index (κ2) is 4.39. The molecule has 0 aliphatic heterocycles. The zero-order valence-corrected chi connectivity index (χ0v) is 9.32. The van der Waals surface area contributed by atoms with Crippen LogP contribution in [0.15, 0.2) is 24.3 Å². The van der Waals surface area contributed by atoms with E-state index in [-0.39, 0.29) is 5.91 Å². The van der Waals surface area contributed by atoms with Crippen LogP contribution in [0, 0.1) is 0 Å². The highest BCUT2D eigenvalue weighted by Gasteiger charge is 2.14. The number of methoxy groups -OCH3 is 1. The number of hydrogen-bond acceptors (Lipinski definition) is 2. The Balaban J connectivity index is 2.38. The van der Waals surface area contributed by atoms with Gasteiger partial charge in [0.2, 0.25) is 5.91 Å². The Bertz CT molecular complexity index is 449. The normalized spacial score (nSPS) is 13.9. The summed E-state index contributed by atoms with van der Waals surface area (Å²) in [6.45, 7) is 0. The minimum absolute atomic E-state index is 0.290. The molecule has 0 heterocycles. The fourth-order valence-corrected chi connectivity index (χ4v) is 2.07. The lowest BCUT2D eigenvalue weighted by Gasteiger charge is -2.17. The molecule has 1 aromatic rings. The highest BCUT2D eigenvalue weighted by Crippen LogP contribution is 2.31. The van der Waals surface area contributed by atoms with Crippen molar-refractivity contribution in [3.8, 4) is 5.75 Å². The van der Waals surface area contributed by atoms with Gasteiger partial charge in [-0.2, -0.15) is 0 Å². The molecular formula is C13H15NO2. The third-order valence-corrected chi connectivity index (χ3v) is 2.83. The van der Waals surface area contributed by atoms with E-state index in [4.69, 9.17) is 10.5 Å². The molecule has 0 unspecified atom stereocenters. The number of ether oxygens (including phenoxy) is 1. The lowest BCUT2D eigenvalue weighted by atomic mass is 9.89. The molecular weight excluding hydrogens is 202 g/mol. The first-order valence-electron chi connectivity index (χ1n) is 5.35. The first kappa shape index (κ1) is 10.7. The largest absolute Gasteiger partial charge is 0.497 e. The molecule has 1 aromatic carbocycles. The predicted octanol–water partition coefficient (Wildman–Crippen LogP) is 1.90.